The summed E-state index contributed by atoms with van der Waals surface area (Å²) in [6, 6.07) is 3.65. The number of thiazole rings is 1. The van der Waals surface area contributed by atoms with E-state index in [9.17, 15) is 4.79 Å². The number of hydrogen-bond acceptors (Lipinski definition) is 7. The Bertz CT molecular complexity index is 801. The molecule has 0 saturated heterocycles. The van der Waals surface area contributed by atoms with Gasteiger partial charge in [0.15, 0.2) is 5.13 Å². The van der Waals surface area contributed by atoms with Gasteiger partial charge in [0.05, 0.1) is 28.8 Å². The van der Waals surface area contributed by atoms with Crippen molar-refractivity contribution in [3.05, 3.63) is 54.1 Å². The fourth-order valence-electron chi connectivity index (χ4n) is 1.94. The fourth-order valence-corrected chi connectivity index (χ4v) is 3.69. The summed E-state index contributed by atoms with van der Waals surface area (Å²) in [5, 5.41) is 3.41. The van der Waals surface area contributed by atoms with E-state index in [4.69, 9.17) is 4.42 Å². The lowest BCUT2D eigenvalue weighted by Gasteiger charge is -2.01. The fraction of sp³-hybridized carbons (Fsp3) is 0.250. The molecule has 0 unspecified atom stereocenters. The summed E-state index contributed by atoms with van der Waals surface area (Å²) < 4.78 is 6.57. The minimum atomic E-state index is -0.0904. The van der Waals surface area contributed by atoms with E-state index < -0.39 is 0 Å². The number of aryl methyl sites for hydroxylation is 1. The van der Waals surface area contributed by atoms with Gasteiger partial charge >= 0.3 is 0 Å². The molecule has 3 heterocycles. The van der Waals surface area contributed by atoms with Crippen molar-refractivity contribution in [2.45, 2.75) is 29.7 Å². The van der Waals surface area contributed by atoms with Crippen LogP contribution in [-0.2, 0) is 23.4 Å². The molecule has 0 aliphatic rings. The number of hydrogen-bond donors (Lipinski definition) is 1. The third-order valence-corrected chi connectivity index (χ3v) is 5.22. The number of aromatic nitrogens is 3. The number of nitrogens with zero attached hydrogens (tertiary/aromatic N) is 3. The van der Waals surface area contributed by atoms with Crippen LogP contribution < -0.4 is 5.32 Å². The average Bonchev–Trinajstić information content (AvgIpc) is 3.22. The van der Waals surface area contributed by atoms with Crippen LogP contribution in [0.15, 0.2) is 45.5 Å². The smallest absolute Gasteiger partial charge is 0.230 e. The molecule has 1 N–H and O–H groups in total. The monoisotopic (exact) mass is 360 g/mol. The average molecular weight is 360 g/mol. The van der Waals surface area contributed by atoms with Gasteiger partial charge in [-0.1, -0.05) is 18.3 Å². The van der Waals surface area contributed by atoms with E-state index >= 15 is 0 Å². The standard InChI is InChI=1S/C16H16N4O2S2/c1-2-12-8-18-14(22-12)10-23-15-9-19-16(24-15)20-13(21)7-11-3-5-17-6-4-11/h3-6,8-9H,2,7,10H2,1H3,(H,19,20,21). The second-order valence-electron chi connectivity index (χ2n) is 4.93. The highest BCUT2D eigenvalue weighted by molar-refractivity contribution is 8.00. The topological polar surface area (TPSA) is 80.9 Å². The second kappa shape index (κ2) is 8.07. The number of carbonyl (C=O) groups excluding carboxylic acids is 1. The first kappa shape index (κ1) is 16.7. The van der Waals surface area contributed by atoms with Gasteiger partial charge < -0.3 is 9.73 Å². The van der Waals surface area contributed by atoms with Gasteiger partial charge in [0.2, 0.25) is 11.8 Å². The molecule has 0 aliphatic carbocycles. The summed E-state index contributed by atoms with van der Waals surface area (Å²) in [5.74, 6) is 2.15. The van der Waals surface area contributed by atoms with Crippen molar-refractivity contribution in [3.63, 3.8) is 0 Å². The van der Waals surface area contributed by atoms with Gasteiger partial charge in [-0.2, -0.15) is 0 Å². The maximum atomic E-state index is 12.0. The minimum absolute atomic E-state index is 0.0904. The molecule has 0 fully saturated rings. The number of nitrogens with one attached hydrogen (secondary N) is 1. The Hall–Kier alpha value is -2.19. The molecular formula is C16H16N4O2S2. The Morgan fingerprint density at radius 2 is 2.12 bits per heavy atom. The number of amides is 1. The predicted molar refractivity (Wildman–Crippen MR) is 94.1 cm³/mol. The van der Waals surface area contributed by atoms with Crippen LogP contribution in [0.1, 0.15) is 24.1 Å². The summed E-state index contributed by atoms with van der Waals surface area (Å²) in [7, 11) is 0. The number of oxazole rings is 1. The van der Waals surface area contributed by atoms with Crippen LogP contribution in [0, 0.1) is 0 Å². The Kier molecular flexibility index (Phi) is 5.60. The van der Waals surface area contributed by atoms with Gasteiger partial charge in [0.25, 0.3) is 0 Å². The zero-order chi connectivity index (χ0) is 16.8. The number of rotatable bonds is 7. The van der Waals surface area contributed by atoms with Crippen molar-refractivity contribution >= 4 is 34.1 Å². The van der Waals surface area contributed by atoms with Gasteiger partial charge in [0, 0.05) is 18.8 Å². The Balaban J connectivity index is 1.50. The zero-order valence-corrected chi connectivity index (χ0v) is 14.7. The first-order chi connectivity index (χ1) is 11.7. The van der Waals surface area contributed by atoms with Gasteiger partial charge in [0.1, 0.15) is 5.76 Å². The predicted octanol–water partition coefficient (Wildman–Crippen LogP) is 3.56. The van der Waals surface area contributed by atoms with E-state index in [1.165, 1.54) is 11.3 Å². The lowest BCUT2D eigenvalue weighted by atomic mass is 10.2. The van der Waals surface area contributed by atoms with E-state index in [0.717, 1.165) is 22.0 Å². The summed E-state index contributed by atoms with van der Waals surface area (Å²) in [4.78, 5) is 24.4. The lowest BCUT2D eigenvalue weighted by molar-refractivity contribution is -0.115. The van der Waals surface area contributed by atoms with E-state index in [1.807, 2.05) is 19.1 Å². The highest BCUT2D eigenvalue weighted by Gasteiger charge is 2.09. The number of pyridine rings is 1. The van der Waals surface area contributed by atoms with Crippen molar-refractivity contribution in [1.29, 1.82) is 0 Å². The van der Waals surface area contributed by atoms with Crippen LogP contribution in [-0.4, -0.2) is 20.9 Å². The maximum Gasteiger partial charge on any atom is 0.230 e. The number of carbonyl (C=O) groups is 1. The molecular weight excluding hydrogens is 344 g/mol. The van der Waals surface area contributed by atoms with Crippen molar-refractivity contribution in [2.24, 2.45) is 0 Å². The van der Waals surface area contributed by atoms with E-state index in [2.05, 4.69) is 20.3 Å². The molecule has 124 valence electrons. The van der Waals surface area contributed by atoms with Crippen molar-refractivity contribution in [3.8, 4) is 0 Å². The van der Waals surface area contributed by atoms with Crippen LogP contribution in [0.25, 0.3) is 0 Å². The zero-order valence-electron chi connectivity index (χ0n) is 13.1. The summed E-state index contributed by atoms with van der Waals surface area (Å²) >= 11 is 3.03. The van der Waals surface area contributed by atoms with Gasteiger partial charge in [-0.15, -0.1) is 11.8 Å². The Morgan fingerprint density at radius 3 is 2.88 bits per heavy atom. The van der Waals surface area contributed by atoms with Crippen molar-refractivity contribution in [2.75, 3.05) is 5.32 Å². The lowest BCUT2D eigenvalue weighted by Crippen LogP contribution is -2.14. The quantitative estimate of drug-likeness (QED) is 0.649. The number of anilines is 1. The molecule has 1 amide bonds. The maximum absolute atomic E-state index is 12.0. The van der Waals surface area contributed by atoms with Crippen LogP contribution in [0.4, 0.5) is 5.13 Å². The third kappa shape index (κ3) is 4.65. The summed E-state index contributed by atoms with van der Waals surface area (Å²) in [5.41, 5.74) is 0.921. The van der Waals surface area contributed by atoms with Crippen molar-refractivity contribution < 1.29 is 9.21 Å². The largest absolute Gasteiger partial charge is 0.445 e. The van der Waals surface area contributed by atoms with E-state index in [0.29, 0.717) is 23.2 Å². The van der Waals surface area contributed by atoms with Crippen LogP contribution in [0.2, 0.25) is 0 Å². The molecule has 0 radical (unpaired) electrons. The minimum Gasteiger partial charge on any atom is -0.445 e. The molecule has 8 heteroatoms. The molecule has 0 aromatic carbocycles. The van der Waals surface area contributed by atoms with Crippen LogP contribution >= 0.6 is 23.1 Å². The molecule has 0 saturated carbocycles. The highest BCUT2D eigenvalue weighted by Crippen LogP contribution is 2.30. The molecule has 0 atom stereocenters. The third-order valence-electron chi connectivity index (χ3n) is 3.13. The van der Waals surface area contributed by atoms with Crippen molar-refractivity contribution in [1.82, 2.24) is 15.0 Å². The molecule has 0 spiro atoms. The van der Waals surface area contributed by atoms with Gasteiger partial charge in [-0.3, -0.25) is 9.78 Å². The first-order valence-electron chi connectivity index (χ1n) is 7.44. The molecule has 6 nitrogen and oxygen atoms in total. The Labute approximate surface area is 147 Å². The van der Waals surface area contributed by atoms with E-state index in [-0.39, 0.29) is 5.91 Å². The number of thioether (sulfide) groups is 1. The Morgan fingerprint density at radius 1 is 1.29 bits per heavy atom. The summed E-state index contributed by atoms with van der Waals surface area (Å²) in [6.45, 7) is 2.03. The first-order valence-corrected chi connectivity index (χ1v) is 9.24. The normalized spacial score (nSPS) is 10.7. The molecule has 3 aromatic heterocycles. The SMILES string of the molecule is CCc1cnc(CSc2cnc(NC(=O)Cc3ccncc3)s2)o1. The van der Waals surface area contributed by atoms with Crippen LogP contribution in [0.3, 0.4) is 0 Å². The molecule has 0 bridgehead atoms. The molecule has 3 rings (SSSR count). The molecule has 0 aliphatic heterocycles. The summed E-state index contributed by atoms with van der Waals surface area (Å²) in [6.07, 6.45) is 8.00. The van der Waals surface area contributed by atoms with Gasteiger partial charge in [-0.05, 0) is 17.7 Å². The van der Waals surface area contributed by atoms with Gasteiger partial charge in [-0.25, -0.2) is 9.97 Å². The van der Waals surface area contributed by atoms with E-state index in [1.54, 1.807) is 36.5 Å². The molecule has 3 aromatic rings. The molecule has 24 heavy (non-hydrogen) atoms. The highest BCUT2D eigenvalue weighted by atomic mass is 32.2. The second-order valence-corrected chi connectivity index (χ2v) is 7.23. The van der Waals surface area contributed by atoms with Crippen LogP contribution in [0.5, 0.6) is 0 Å².